The Morgan fingerprint density at radius 3 is 2.60 bits per heavy atom. The van der Waals surface area contributed by atoms with Gasteiger partial charge in [0.2, 0.25) is 0 Å². The van der Waals surface area contributed by atoms with Crippen molar-refractivity contribution in [3.8, 4) is 5.75 Å². The Hall–Kier alpha value is -5.22. The first kappa shape index (κ1) is 26.7. The first-order chi connectivity index (χ1) is 20.8. The van der Waals surface area contributed by atoms with E-state index >= 15 is 0 Å². The molecule has 0 unspecified atom stereocenters. The number of phenolic OH excluding ortho intramolecular Hbond substituents is 1. The molecular formula is C33H30N6O4. The second-order valence-corrected chi connectivity index (χ2v) is 11.2. The first-order valence-electron chi connectivity index (χ1n) is 14.3. The van der Waals surface area contributed by atoms with E-state index in [1.165, 1.54) is 11.0 Å². The van der Waals surface area contributed by atoms with Crippen LogP contribution in [0.2, 0.25) is 0 Å². The van der Waals surface area contributed by atoms with Gasteiger partial charge in [-0.15, -0.1) is 0 Å². The number of amides is 2. The molecule has 0 fully saturated rings. The molecule has 1 aliphatic heterocycles. The number of benzene rings is 4. The molecule has 10 nitrogen and oxygen atoms in total. The normalized spacial score (nSPS) is 13.4. The number of anilines is 2. The summed E-state index contributed by atoms with van der Waals surface area (Å²) < 4.78 is 1.89. The SMILES string of the molecule is CN(CCCNc1ccc2ncn3c4ccc(O)cc4c(=O)c1c23)CCCN1C(=O)c2cccc3cc(N)cc(c23)C1=O. The van der Waals surface area contributed by atoms with Crippen molar-refractivity contribution in [3.63, 3.8) is 0 Å². The number of pyridine rings is 1. The number of carbonyl (C=O) groups excluding carboxylic acids is 2. The predicted octanol–water partition coefficient (Wildman–Crippen LogP) is 4.30. The van der Waals surface area contributed by atoms with Gasteiger partial charge < -0.3 is 21.1 Å². The maximum absolute atomic E-state index is 13.5. The van der Waals surface area contributed by atoms with Crippen LogP contribution in [0.1, 0.15) is 33.6 Å². The Morgan fingerprint density at radius 2 is 1.74 bits per heavy atom. The van der Waals surface area contributed by atoms with E-state index in [9.17, 15) is 19.5 Å². The monoisotopic (exact) mass is 574 g/mol. The van der Waals surface area contributed by atoms with E-state index in [0.717, 1.165) is 35.1 Å². The van der Waals surface area contributed by atoms with Crippen LogP contribution in [0, 0.1) is 0 Å². The summed E-state index contributed by atoms with van der Waals surface area (Å²) in [5.41, 5.74) is 10.3. The standard InChI is InChI=1S/C33H30N6O4/c1-37(13-4-14-38-32(42)22-6-2-5-19-15-20(34)16-24(28(19)22)33(38)43)12-3-11-35-25-8-9-26-30-29(25)31(41)23-17-21(40)7-10-27(23)39(30)18-36-26/h2,5-10,15-18,35,40H,3-4,11-14,34H2,1H3. The van der Waals surface area contributed by atoms with Gasteiger partial charge in [0.25, 0.3) is 11.8 Å². The van der Waals surface area contributed by atoms with Gasteiger partial charge in [0.05, 0.1) is 32.9 Å². The lowest BCUT2D eigenvalue weighted by Gasteiger charge is -2.28. The quantitative estimate of drug-likeness (QED) is 0.101. The maximum Gasteiger partial charge on any atom is 0.261 e. The smallest absolute Gasteiger partial charge is 0.261 e. The highest BCUT2D eigenvalue weighted by molar-refractivity contribution is 6.25. The summed E-state index contributed by atoms with van der Waals surface area (Å²) >= 11 is 0. The van der Waals surface area contributed by atoms with Gasteiger partial charge in [-0.25, -0.2) is 4.98 Å². The Kier molecular flexibility index (Phi) is 6.36. The second-order valence-electron chi connectivity index (χ2n) is 11.2. The van der Waals surface area contributed by atoms with Crippen molar-refractivity contribution >= 4 is 61.3 Å². The third-order valence-electron chi connectivity index (χ3n) is 8.33. The molecule has 7 rings (SSSR count). The lowest BCUT2D eigenvalue weighted by Crippen LogP contribution is -2.41. The summed E-state index contributed by atoms with van der Waals surface area (Å²) in [5, 5.41) is 15.9. The van der Waals surface area contributed by atoms with Gasteiger partial charge >= 0.3 is 0 Å². The number of hydrogen-bond donors (Lipinski definition) is 3. The van der Waals surface area contributed by atoms with Gasteiger partial charge in [-0.2, -0.15) is 0 Å². The summed E-state index contributed by atoms with van der Waals surface area (Å²) in [6.07, 6.45) is 3.16. The van der Waals surface area contributed by atoms with Crippen molar-refractivity contribution in [2.24, 2.45) is 0 Å². The van der Waals surface area contributed by atoms with E-state index in [0.29, 0.717) is 64.5 Å². The van der Waals surface area contributed by atoms with E-state index in [1.807, 2.05) is 35.7 Å². The molecule has 0 atom stereocenters. The average Bonchev–Trinajstić information content (AvgIpc) is 3.43. The minimum absolute atomic E-state index is 0.0429. The maximum atomic E-state index is 13.5. The lowest BCUT2D eigenvalue weighted by molar-refractivity contribution is 0.0605. The third kappa shape index (κ3) is 4.38. The summed E-state index contributed by atoms with van der Waals surface area (Å²) in [6, 6.07) is 17.5. The molecule has 0 saturated carbocycles. The van der Waals surface area contributed by atoms with Crippen molar-refractivity contribution in [1.82, 2.24) is 19.2 Å². The Labute approximate surface area is 246 Å². The van der Waals surface area contributed by atoms with Gasteiger partial charge in [0.15, 0.2) is 5.43 Å². The number of nitrogens with zero attached hydrogens (tertiary/aromatic N) is 4. The van der Waals surface area contributed by atoms with E-state index in [-0.39, 0.29) is 23.0 Å². The number of phenols is 1. The molecule has 216 valence electrons. The van der Waals surface area contributed by atoms with Crippen LogP contribution in [0.25, 0.3) is 38.1 Å². The number of nitrogens with one attached hydrogen (secondary N) is 1. The van der Waals surface area contributed by atoms with Crippen LogP contribution in [0.5, 0.6) is 5.75 Å². The molecule has 0 radical (unpaired) electrons. The molecular weight excluding hydrogens is 544 g/mol. The molecule has 10 heteroatoms. The van der Waals surface area contributed by atoms with Crippen LogP contribution in [0.3, 0.4) is 0 Å². The summed E-state index contributed by atoms with van der Waals surface area (Å²) in [6.45, 7) is 2.46. The number of rotatable bonds is 9. The van der Waals surface area contributed by atoms with Gasteiger partial charge in [-0.1, -0.05) is 12.1 Å². The minimum Gasteiger partial charge on any atom is -0.508 e. The molecule has 0 bridgehead atoms. The van der Waals surface area contributed by atoms with Gasteiger partial charge in [0.1, 0.15) is 12.1 Å². The number of nitrogens with two attached hydrogens (primary N) is 1. The lowest BCUT2D eigenvalue weighted by atomic mass is 9.93. The molecule has 3 heterocycles. The van der Waals surface area contributed by atoms with Crippen molar-refractivity contribution in [2.75, 3.05) is 44.3 Å². The molecule has 0 saturated heterocycles. The molecule has 0 spiro atoms. The van der Waals surface area contributed by atoms with E-state index in [1.54, 1.807) is 36.7 Å². The fourth-order valence-corrected chi connectivity index (χ4v) is 6.28. The van der Waals surface area contributed by atoms with Crippen molar-refractivity contribution in [3.05, 3.63) is 88.3 Å². The van der Waals surface area contributed by atoms with Gasteiger partial charge in [-0.05, 0) is 86.9 Å². The topological polar surface area (TPSA) is 133 Å². The fourth-order valence-electron chi connectivity index (χ4n) is 6.28. The largest absolute Gasteiger partial charge is 0.508 e. The Bertz CT molecular complexity index is 2140. The number of carbonyl (C=O) groups is 2. The molecule has 4 N–H and O–H groups in total. The highest BCUT2D eigenvalue weighted by atomic mass is 16.3. The van der Waals surface area contributed by atoms with E-state index < -0.39 is 0 Å². The van der Waals surface area contributed by atoms with Crippen LogP contribution >= 0.6 is 0 Å². The molecule has 43 heavy (non-hydrogen) atoms. The van der Waals surface area contributed by atoms with Crippen LogP contribution < -0.4 is 16.5 Å². The van der Waals surface area contributed by atoms with Crippen LogP contribution in [-0.2, 0) is 0 Å². The number of hydrogen-bond acceptors (Lipinski definition) is 8. The highest BCUT2D eigenvalue weighted by Crippen LogP contribution is 2.32. The molecule has 6 aromatic rings. The second kappa shape index (κ2) is 10.2. The number of aromatic hydroxyl groups is 1. The molecule has 4 aromatic carbocycles. The number of imide groups is 1. The minimum atomic E-state index is -0.303. The Balaban J connectivity index is 0.978. The molecule has 0 aliphatic carbocycles. The van der Waals surface area contributed by atoms with Crippen molar-refractivity contribution in [2.45, 2.75) is 12.8 Å². The first-order valence-corrected chi connectivity index (χ1v) is 14.3. The zero-order valence-corrected chi connectivity index (χ0v) is 23.6. The zero-order valence-electron chi connectivity index (χ0n) is 23.6. The van der Waals surface area contributed by atoms with Crippen molar-refractivity contribution < 1.29 is 14.7 Å². The van der Waals surface area contributed by atoms with Crippen LogP contribution in [-0.4, -0.2) is 69.3 Å². The molecule has 1 aliphatic rings. The summed E-state index contributed by atoms with van der Waals surface area (Å²) in [4.78, 5) is 47.8. The summed E-state index contributed by atoms with van der Waals surface area (Å²) in [7, 11) is 2.01. The average molecular weight is 575 g/mol. The number of imidazole rings is 1. The van der Waals surface area contributed by atoms with E-state index in [4.69, 9.17) is 5.73 Å². The number of fused-ring (bicyclic) bond motifs is 2. The molecule has 2 aromatic heterocycles. The van der Waals surface area contributed by atoms with Gasteiger partial charge in [0, 0.05) is 35.4 Å². The number of aromatic nitrogens is 2. The fraction of sp³-hybridized carbons (Fsp3) is 0.212. The number of nitrogen functional groups attached to an aromatic ring is 1. The van der Waals surface area contributed by atoms with Gasteiger partial charge in [-0.3, -0.25) is 23.7 Å². The van der Waals surface area contributed by atoms with E-state index in [2.05, 4.69) is 15.2 Å². The van der Waals surface area contributed by atoms with Crippen LogP contribution in [0.4, 0.5) is 11.4 Å². The summed E-state index contributed by atoms with van der Waals surface area (Å²) in [5.74, 6) is -0.529. The Morgan fingerprint density at radius 1 is 0.930 bits per heavy atom. The molecule has 2 amide bonds. The predicted molar refractivity (Wildman–Crippen MR) is 168 cm³/mol. The third-order valence-corrected chi connectivity index (χ3v) is 8.33. The van der Waals surface area contributed by atoms with Crippen LogP contribution in [0.15, 0.2) is 71.8 Å². The van der Waals surface area contributed by atoms with Crippen molar-refractivity contribution in [1.29, 1.82) is 0 Å². The highest BCUT2D eigenvalue weighted by Gasteiger charge is 2.32. The zero-order chi connectivity index (χ0) is 29.8.